The number of hydrogen-bond acceptors (Lipinski definition) is 6. The van der Waals surface area contributed by atoms with E-state index in [1.54, 1.807) is 74.0 Å². The summed E-state index contributed by atoms with van der Waals surface area (Å²) < 4.78 is 20.0. The van der Waals surface area contributed by atoms with Gasteiger partial charge in [-0.1, -0.05) is 30.0 Å². The maximum atomic E-state index is 14.9. The Kier molecular flexibility index (Phi) is 10.0. The number of halogens is 1. The fourth-order valence-electron chi connectivity index (χ4n) is 4.76. The number of nitrogens with one attached hydrogen (secondary N) is 3. The van der Waals surface area contributed by atoms with Crippen LogP contribution in [-0.4, -0.2) is 67.1 Å². The largest absolute Gasteiger partial charge is 0.497 e. The number of aromatic nitrogens is 1. The minimum Gasteiger partial charge on any atom is -0.497 e. The lowest BCUT2D eigenvalue weighted by atomic mass is 10.0. The summed E-state index contributed by atoms with van der Waals surface area (Å²) in [7, 11) is 3.64. The average Bonchev–Trinajstić information content (AvgIpc) is 3.03. The van der Waals surface area contributed by atoms with E-state index in [1.165, 1.54) is 6.07 Å². The molecular weight excluding hydrogens is 571 g/mol. The highest BCUT2D eigenvalue weighted by atomic mass is 19.1. The van der Waals surface area contributed by atoms with Crippen molar-refractivity contribution in [1.82, 2.24) is 14.8 Å². The van der Waals surface area contributed by atoms with Crippen molar-refractivity contribution >= 4 is 29.1 Å². The van der Waals surface area contributed by atoms with Crippen molar-refractivity contribution in [3.63, 3.8) is 0 Å². The van der Waals surface area contributed by atoms with Crippen LogP contribution >= 0.6 is 0 Å². The fraction of sp³-hybridized carbons (Fsp3) is 0.229. The van der Waals surface area contributed by atoms with Crippen LogP contribution in [0.25, 0.3) is 0 Å². The van der Waals surface area contributed by atoms with Gasteiger partial charge in [0, 0.05) is 78.6 Å². The van der Waals surface area contributed by atoms with Gasteiger partial charge < -0.3 is 20.3 Å². The molecule has 1 fully saturated rings. The third-order valence-corrected chi connectivity index (χ3v) is 7.47. The van der Waals surface area contributed by atoms with Crippen molar-refractivity contribution in [1.29, 1.82) is 0 Å². The molecule has 0 saturated carbocycles. The van der Waals surface area contributed by atoms with E-state index in [0.29, 0.717) is 51.7 Å². The predicted octanol–water partition coefficient (Wildman–Crippen LogP) is 5.58. The summed E-state index contributed by atoms with van der Waals surface area (Å²) in [6, 6.07) is 20.1. The number of nitrogens with zero attached hydrogens (tertiary/aromatic N) is 3. The zero-order chi connectivity index (χ0) is 31.8. The number of carbonyl (C=O) groups excluding carboxylic acids is 2. The van der Waals surface area contributed by atoms with Crippen LogP contribution < -0.4 is 20.7 Å². The Labute approximate surface area is 262 Å². The smallest absolute Gasteiger partial charge is 0.324 e. The lowest BCUT2D eigenvalue weighted by Crippen LogP contribution is -2.44. The van der Waals surface area contributed by atoms with E-state index < -0.39 is 6.03 Å². The molecule has 3 N–H and O–H groups in total. The molecule has 1 saturated heterocycles. The first-order chi connectivity index (χ1) is 21.7. The highest BCUT2D eigenvalue weighted by Gasteiger charge is 2.16. The molecule has 0 aliphatic carbocycles. The number of amides is 3. The number of methoxy groups -OCH3 is 1. The zero-order valence-corrected chi connectivity index (χ0v) is 25.5. The quantitative estimate of drug-likeness (QED) is 0.238. The second-order valence-electron chi connectivity index (χ2n) is 10.9. The first-order valence-corrected chi connectivity index (χ1v) is 14.6. The molecule has 1 aliphatic heterocycles. The van der Waals surface area contributed by atoms with Crippen molar-refractivity contribution < 1.29 is 18.7 Å². The molecule has 0 unspecified atom stereocenters. The van der Waals surface area contributed by atoms with Crippen LogP contribution in [0.4, 0.5) is 26.4 Å². The van der Waals surface area contributed by atoms with E-state index in [0.717, 1.165) is 31.7 Å². The molecular formula is C35H35FN6O3. The van der Waals surface area contributed by atoms with Crippen LogP contribution in [0.2, 0.25) is 0 Å². The van der Waals surface area contributed by atoms with Crippen molar-refractivity contribution in [3.8, 4) is 17.6 Å². The number of ether oxygens (including phenoxy) is 1. The molecule has 9 nitrogen and oxygen atoms in total. The number of benzene rings is 3. The van der Waals surface area contributed by atoms with Crippen LogP contribution in [0.3, 0.4) is 0 Å². The Balaban J connectivity index is 1.18. The number of rotatable bonds is 7. The van der Waals surface area contributed by atoms with Crippen molar-refractivity contribution in [2.75, 3.05) is 56.3 Å². The molecule has 230 valence electrons. The summed E-state index contributed by atoms with van der Waals surface area (Å²) in [5.74, 6) is 6.46. The second kappa shape index (κ2) is 14.5. The molecule has 5 rings (SSSR count). The van der Waals surface area contributed by atoms with Gasteiger partial charge in [-0.3, -0.25) is 15.0 Å². The molecule has 1 aromatic heterocycles. The molecule has 2 heterocycles. The zero-order valence-electron chi connectivity index (χ0n) is 25.5. The van der Waals surface area contributed by atoms with Crippen LogP contribution in [0.5, 0.6) is 5.75 Å². The molecule has 0 atom stereocenters. The highest BCUT2D eigenvalue weighted by Crippen LogP contribution is 2.20. The number of anilines is 3. The van der Waals surface area contributed by atoms with Crippen LogP contribution in [0.15, 0.2) is 79.0 Å². The number of piperazine rings is 1. The van der Waals surface area contributed by atoms with E-state index in [9.17, 15) is 14.0 Å². The lowest BCUT2D eigenvalue weighted by molar-refractivity contribution is 0.102. The molecule has 45 heavy (non-hydrogen) atoms. The molecule has 1 aliphatic rings. The van der Waals surface area contributed by atoms with Gasteiger partial charge in [-0.2, -0.15) is 0 Å². The molecule has 0 bridgehead atoms. The first kappa shape index (κ1) is 31.2. The summed E-state index contributed by atoms with van der Waals surface area (Å²) in [5, 5.41) is 8.21. The van der Waals surface area contributed by atoms with Crippen LogP contribution in [-0.2, 0) is 6.54 Å². The normalized spacial score (nSPS) is 13.3. The summed E-state index contributed by atoms with van der Waals surface area (Å²) in [4.78, 5) is 34.1. The van der Waals surface area contributed by atoms with Crippen molar-refractivity contribution in [2.24, 2.45) is 0 Å². The first-order valence-electron chi connectivity index (χ1n) is 14.6. The fourth-order valence-corrected chi connectivity index (χ4v) is 4.76. The van der Waals surface area contributed by atoms with Crippen LogP contribution in [0, 0.1) is 24.6 Å². The van der Waals surface area contributed by atoms with E-state index in [2.05, 4.69) is 49.6 Å². The van der Waals surface area contributed by atoms with E-state index in [1.807, 2.05) is 13.0 Å². The monoisotopic (exact) mass is 606 g/mol. The average molecular weight is 607 g/mol. The Hall–Kier alpha value is -5.24. The Morgan fingerprint density at radius 1 is 0.911 bits per heavy atom. The summed E-state index contributed by atoms with van der Waals surface area (Å²) in [6.07, 6.45) is 1.56. The van der Waals surface area contributed by atoms with Gasteiger partial charge in [0.15, 0.2) is 0 Å². The van der Waals surface area contributed by atoms with Crippen LogP contribution in [0.1, 0.15) is 32.6 Å². The number of aryl methyl sites for hydroxylation is 1. The van der Waals surface area contributed by atoms with Gasteiger partial charge in [0.25, 0.3) is 5.91 Å². The molecule has 0 spiro atoms. The number of hydrogen-bond donors (Lipinski definition) is 3. The number of urea groups is 1. The predicted molar refractivity (Wildman–Crippen MR) is 174 cm³/mol. The third kappa shape index (κ3) is 8.66. The maximum absolute atomic E-state index is 14.9. The van der Waals surface area contributed by atoms with E-state index in [-0.39, 0.29) is 11.7 Å². The van der Waals surface area contributed by atoms with Gasteiger partial charge in [-0.15, -0.1) is 0 Å². The second-order valence-corrected chi connectivity index (χ2v) is 10.9. The summed E-state index contributed by atoms with van der Waals surface area (Å²) in [6.45, 7) is 6.18. The maximum Gasteiger partial charge on any atom is 0.324 e. The lowest BCUT2D eigenvalue weighted by Gasteiger charge is -2.32. The summed E-state index contributed by atoms with van der Waals surface area (Å²) in [5.41, 5.74) is 4.21. The highest BCUT2D eigenvalue weighted by molar-refractivity contribution is 6.04. The number of pyridine rings is 1. The Bertz CT molecular complexity index is 1740. The Morgan fingerprint density at radius 2 is 1.71 bits per heavy atom. The minimum absolute atomic E-state index is 0.338. The minimum atomic E-state index is -0.440. The molecule has 0 radical (unpaired) electrons. The SMILES string of the molecule is COc1cccc(NC(=O)Nc2ccc(C#Cc3cc(C(=O)Nc4ccc(CN5CCN(C)CC5)c(F)c4)ccc3C)cn2)c1. The van der Waals surface area contributed by atoms with Gasteiger partial charge in [0.2, 0.25) is 0 Å². The van der Waals surface area contributed by atoms with Crippen molar-refractivity contribution in [2.45, 2.75) is 13.5 Å². The Morgan fingerprint density at radius 3 is 2.44 bits per heavy atom. The number of likely N-dealkylation sites (N-methyl/N-ethyl adjacent to an activating group) is 1. The third-order valence-electron chi connectivity index (χ3n) is 7.47. The van der Waals surface area contributed by atoms with Crippen molar-refractivity contribution in [3.05, 3.63) is 113 Å². The summed E-state index contributed by atoms with van der Waals surface area (Å²) >= 11 is 0. The molecule has 4 aromatic rings. The molecule has 3 amide bonds. The van der Waals surface area contributed by atoms with Gasteiger partial charge >= 0.3 is 6.03 Å². The number of carbonyl (C=O) groups is 2. The molecule has 10 heteroatoms. The van der Waals surface area contributed by atoms with E-state index >= 15 is 0 Å². The van der Waals surface area contributed by atoms with Gasteiger partial charge in [-0.05, 0) is 68.1 Å². The van der Waals surface area contributed by atoms with Gasteiger partial charge in [0.1, 0.15) is 17.4 Å². The van der Waals surface area contributed by atoms with Gasteiger partial charge in [-0.25, -0.2) is 14.2 Å². The standard InChI is InChI=1S/C35H35FN6O3/c1-24-7-10-27(34(43)38-30-13-12-28(32(36)21-30)23-42-17-15-41(2)16-18-42)19-26(24)11-8-25-9-14-33(37-22-25)40-35(44)39-29-5-4-6-31(20-29)45-3/h4-7,9-10,12-14,19-22H,15-18,23H2,1-3H3,(H,38,43)(H2,37,39,40,44). The topological polar surface area (TPSA) is 98.8 Å². The van der Waals surface area contributed by atoms with E-state index in [4.69, 9.17) is 4.74 Å². The molecule has 3 aromatic carbocycles. The van der Waals surface area contributed by atoms with Gasteiger partial charge in [0.05, 0.1) is 7.11 Å².